The highest BCUT2D eigenvalue weighted by Crippen LogP contribution is 2.48. The average Bonchev–Trinajstić information content (AvgIpc) is 1.51. The van der Waals surface area contributed by atoms with Gasteiger partial charge in [0, 0.05) is 189 Å². The molecule has 24 aromatic rings. The van der Waals surface area contributed by atoms with Gasteiger partial charge in [0.1, 0.15) is 138 Å². The van der Waals surface area contributed by atoms with Crippen molar-refractivity contribution in [2.24, 2.45) is 0 Å². The first-order valence-electron chi connectivity index (χ1n) is 44.8. The second-order valence-electron chi connectivity index (χ2n) is 38.7. The molecular weight excluding hydrogens is 1520 g/mol. The zero-order valence-electron chi connectivity index (χ0n) is 69.4. The number of aryl methyl sites for hydroxylation is 8. The summed E-state index contributed by atoms with van der Waals surface area (Å²) in [6.45, 7) is 15.4. The number of imidazole rings is 6. The van der Waals surface area contributed by atoms with E-state index in [0.29, 0.717) is 0 Å². The van der Waals surface area contributed by atoms with Crippen LogP contribution in [-0.2, 0) is 114 Å². The summed E-state index contributed by atoms with van der Waals surface area (Å²) in [6.07, 6.45) is 35.4. The van der Waals surface area contributed by atoms with Crippen molar-refractivity contribution in [3.8, 4) is 0 Å². The van der Waals surface area contributed by atoms with Crippen molar-refractivity contribution in [2.75, 3.05) is 0 Å². The number of pyridine rings is 10. The molecule has 0 saturated heterocycles. The molecular formula is C108H82N16+6. The maximum atomic E-state index is 4.71. The van der Waals surface area contributed by atoms with Gasteiger partial charge in [-0.05, 0) is 62.4 Å². The Morgan fingerprint density at radius 3 is 1.25 bits per heavy atom. The lowest BCUT2D eigenvalue weighted by Crippen LogP contribution is -2.30. The molecule has 0 fully saturated rings. The first-order chi connectivity index (χ1) is 61.0. The maximum Gasteiger partial charge on any atom is 0.297 e. The number of nitrogens with zero attached hydrogens (tertiary/aromatic N) is 16. The van der Waals surface area contributed by atoms with Crippen LogP contribution in [0.5, 0.6) is 0 Å². The predicted molar refractivity (Wildman–Crippen MR) is 485 cm³/mol. The first-order valence-corrected chi connectivity index (χ1v) is 44.8. The number of fused-ring (bicyclic) bond motifs is 6. The van der Waals surface area contributed by atoms with Gasteiger partial charge < -0.3 is 0 Å². The van der Waals surface area contributed by atoms with Gasteiger partial charge in [-0.25, -0.2) is 27.4 Å². The van der Waals surface area contributed by atoms with E-state index in [0.717, 1.165) is 109 Å². The fourth-order valence-electron chi connectivity index (χ4n) is 26.2. The molecule has 0 saturated carbocycles. The van der Waals surface area contributed by atoms with Crippen LogP contribution < -0.4 is 27.4 Å². The lowest BCUT2D eigenvalue weighted by atomic mass is 9.77. The summed E-state index contributed by atoms with van der Waals surface area (Å²) in [5, 5.41) is 22.1. The van der Waals surface area contributed by atoms with Gasteiger partial charge in [-0.1, -0.05) is 161 Å². The molecule has 0 radical (unpaired) electrons. The number of para-hydroxylation sites is 5. The SMILES string of the molecule is CC1(C)Cc2c[n+]3c4c5c(cccc5c5cccc1c5n24)C3.CC1(C)Cc2cccc3c4cccc5c4c4n(c1c[n+]4C5)c23.c1cc2c3c(c1)c1ccnc4c1c1n3c(c[n+]1C4)CC2.c1cc2c3c(c1)c1cncc4c1c1n3c(c[n+]1C4)CC2.c1cc2c3c(c1)c1nccc4c1c1n3c(c[n+]1C4)CC2.c1cc2c3c(c1)c1nccc4c1n1c(c[n+](c31)C2)CC4. The Morgan fingerprint density at radius 1 is 0.258 bits per heavy atom. The largest absolute Gasteiger partial charge is 0.297 e. The first kappa shape index (κ1) is 66.3. The van der Waals surface area contributed by atoms with Crippen LogP contribution in [0.25, 0.3) is 164 Å². The molecule has 0 amide bonds. The monoisotopic (exact) mass is 1600 g/mol. The lowest BCUT2D eigenvalue weighted by Gasteiger charge is -2.28. The van der Waals surface area contributed by atoms with E-state index in [4.69, 9.17) is 9.97 Å². The summed E-state index contributed by atoms with van der Waals surface area (Å²) in [7, 11) is 0. The molecule has 12 aliphatic rings. The van der Waals surface area contributed by atoms with Gasteiger partial charge in [0.2, 0.25) is 0 Å². The van der Waals surface area contributed by atoms with Gasteiger partial charge in [0.05, 0.1) is 43.5 Å². The summed E-state index contributed by atoms with van der Waals surface area (Å²) in [5.74, 6) is 0. The van der Waals surface area contributed by atoms with E-state index in [1.165, 1.54) is 260 Å². The predicted octanol–water partition coefficient (Wildman–Crippen LogP) is 17.0. The minimum absolute atomic E-state index is 0.190. The summed E-state index contributed by atoms with van der Waals surface area (Å²) in [6, 6.07) is 60.5. The molecule has 588 valence electrons. The third kappa shape index (κ3) is 8.14. The third-order valence-electron chi connectivity index (χ3n) is 31.1. The highest BCUT2D eigenvalue weighted by Gasteiger charge is 2.45. The molecule has 0 N–H and O–H groups in total. The summed E-state index contributed by atoms with van der Waals surface area (Å²) >= 11 is 0. The number of hydrogen-bond acceptors (Lipinski definition) is 4. The normalized spacial score (nSPS) is 16.2. The van der Waals surface area contributed by atoms with Crippen LogP contribution in [0, 0.1) is 0 Å². The zero-order chi connectivity index (χ0) is 80.7. The Bertz CT molecular complexity index is 8650. The zero-order valence-corrected chi connectivity index (χ0v) is 69.4. The molecule has 36 rings (SSSR count). The topological polar surface area (TPSA) is 101 Å². The Morgan fingerprint density at radius 2 is 0.645 bits per heavy atom. The maximum absolute atomic E-state index is 4.71. The van der Waals surface area contributed by atoms with E-state index in [1.807, 2.05) is 31.0 Å². The molecule has 8 aromatic carbocycles. The Hall–Kier alpha value is -14.4. The average molecular weight is 1600 g/mol. The standard InChI is InChI=1S/2C20H17N2.4C17H12N3/c1-20(2)9-12-5-3-8-15-14-7-4-6-13-10-21-11-16(20)22(18(12)15)19(21)17(13)14;1-20(2)9-13-11-21-10-12-5-3-6-14-15-7-4-8-16(20)18(15)22(13)19(21)17(12)14;1-2-10-4-5-12-9-19-8-11-6-18-7-14-13(3-1)16(10)20(12)17(19)15(11)14;1-2-11-8-19-9-12-5-4-10-6-7-18-15-13(3-1)14(11)17(19)20(12)16(10)15;1-2-10-4-5-12-9-19-8-11-6-7-18-15-13(3-1)16(10)20(12)17(19)14(11)15;1-2-10-4-5-11-8-19-9-14-15-12(6-7-18-14)13(3-1)16(10)20(11)17(15)19/h2*3-8,11H,9-10H2,1-2H3;3*1-3,6-7,9H,4-5,8H2;1-3,6-8H,4-5,9H2/q6*+1. The van der Waals surface area contributed by atoms with Crippen molar-refractivity contribution in [1.29, 1.82) is 0 Å². The Kier molecular flexibility index (Phi) is 12.1. The summed E-state index contributed by atoms with van der Waals surface area (Å²) in [4.78, 5) is 18.5. The van der Waals surface area contributed by atoms with E-state index < -0.39 is 0 Å². The Labute approximate surface area is 708 Å². The molecule has 0 spiro atoms. The van der Waals surface area contributed by atoms with E-state index in [-0.39, 0.29) is 10.8 Å². The van der Waals surface area contributed by atoms with Gasteiger partial charge >= 0.3 is 0 Å². The number of benzene rings is 8. The number of hydrogen-bond donors (Lipinski definition) is 0. The third-order valence-corrected chi connectivity index (χ3v) is 31.1. The number of rotatable bonds is 0. The summed E-state index contributed by atoms with van der Waals surface area (Å²) < 4.78 is 29.5. The van der Waals surface area contributed by atoms with Crippen molar-refractivity contribution >= 4 is 164 Å². The lowest BCUT2D eigenvalue weighted by molar-refractivity contribution is -0.658. The second kappa shape index (κ2) is 22.7. The molecule has 12 aliphatic heterocycles. The molecule has 16 aromatic heterocycles. The van der Waals surface area contributed by atoms with Crippen molar-refractivity contribution < 1.29 is 27.4 Å². The van der Waals surface area contributed by atoms with Crippen LogP contribution in [0.3, 0.4) is 0 Å². The van der Waals surface area contributed by atoms with Gasteiger partial charge in [-0.2, -0.15) is 26.4 Å². The molecule has 124 heavy (non-hydrogen) atoms. The second-order valence-corrected chi connectivity index (χ2v) is 38.7. The van der Waals surface area contributed by atoms with E-state index in [9.17, 15) is 0 Å². The van der Waals surface area contributed by atoms with Crippen molar-refractivity contribution in [3.63, 3.8) is 0 Å². The van der Waals surface area contributed by atoms with Crippen LogP contribution in [-0.4, -0.2) is 46.3 Å². The summed E-state index contributed by atoms with van der Waals surface area (Å²) in [5.41, 5.74) is 45.1. The molecule has 16 heteroatoms. The highest BCUT2D eigenvalue weighted by molar-refractivity contribution is 6.19. The van der Waals surface area contributed by atoms with Crippen molar-refractivity contribution in [3.05, 3.63) is 333 Å². The van der Waals surface area contributed by atoms with Crippen LogP contribution in [0.4, 0.5) is 0 Å². The van der Waals surface area contributed by atoms with Crippen molar-refractivity contribution in [1.82, 2.24) is 46.3 Å². The van der Waals surface area contributed by atoms with Gasteiger partial charge in [0.25, 0.3) is 33.9 Å². The highest BCUT2D eigenvalue weighted by atomic mass is 15.2. The molecule has 16 nitrogen and oxygen atoms in total. The van der Waals surface area contributed by atoms with E-state index >= 15 is 0 Å². The smallest absolute Gasteiger partial charge is 0.264 e. The molecule has 0 atom stereocenters. The van der Waals surface area contributed by atoms with E-state index in [2.05, 4.69) is 292 Å². The minimum Gasteiger partial charge on any atom is -0.264 e. The van der Waals surface area contributed by atoms with Crippen molar-refractivity contribution in [2.45, 2.75) is 142 Å². The number of aromatic nitrogens is 16. The molecule has 0 bridgehead atoms. The molecule has 0 aliphatic carbocycles. The Balaban J connectivity index is 0.0000000718. The quantitative estimate of drug-likeness (QED) is 0.111. The molecule has 0 unspecified atom stereocenters. The molecule has 28 heterocycles. The van der Waals surface area contributed by atoms with Gasteiger partial charge in [-0.15, -0.1) is 0 Å². The van der Waals surface area contributed by atoms with Crippen LogP contribution >= 0.6 is 0 Å². The fraction of sp³-hybridized carbons (Fsp3) is 0.204. The minimum atomic E-state index is 0.190. The van der Waals surface area contributed by atoms with Crippen LogP contribution in [0.1, 0.15) is 129 Å². The van der Waals surface area contributed by atoms with Gasteiger partial charge in [-0.3, -0.25) is 19.9 Å². The fourth-order valence-corrected chi connectivity index (χ4v) is 26.2. The van der Waals surface area contributed by atoms with Crippen LogP contribution in [0.15, 0.2) is 232 Å². The van der Waals surface area contributed by atoms with E-state index in [1.54, 1.807) is 0 Å². The van der Waals surface area contributed by atoms with Gasteiger partial charge in [0.15, 0.2) is 11.2 Å². The van der Waals surface area contributed by atoms with Crippen LogP contribution in [0.2, 0.25) is 0 Å².